The number of ether oxygens (including phenoxy) is 1. The number of halogens is 1. The zero-order chi connectivity index (χ0) is 23.8. The number of rotatable bonds is 7. The molecule has 2 aliphatic rings. The van der Waals surface area contributed by atoms with Crippen LogP contribution in [-0.4, -0.2) is 53.7 Å². The van der Waals surface area contributed by atoms with Gasteiger partial charge in [0.05, 0.1) is 0 Å². The molecule has 2 aromatic rings. The standard InChI is InChI=1S/C25H29FN4O4/c26-20-8-6-19(7-9-20)25(32)30-14-12-21(13-15-30)28-22-10-4-18(17-27-22)5-11-23(31)29-34-24-3-1-2-16-33-24/h4-11,17,21,24H,1-3,12-16H2,(H,27,28)(H,29,31). The van der Waals surface area contributed by atoms with Crippen LogP contribution in [0.25, 0.3) is 6.08 Å². The molecule has 0 radical (unpaired) electrons. The van der Waals surface area contributed by atoms with Crippen LogP contribution in [0.4, 0.5) is 10.2 Å². The van der Waals surface area contributed by atoms with Gasteiger partial charge in [0, 0.05) is 50.0 Å². The predicted octanol–water partition coefficient (Wildman–Crippen LogP) is 3.53. The van der Waals surface area contributed by atoms with Gasteiger partial charge in [-0.3, -0.25) is 9.59 Å². The molecular formula is C25H29FN4O4. The molecule has 4 rings (SSSR count). The van der Waals surface area contributed by atoms with E-state index in [9.17, 15) is 14.0 Å². The number of hydrogen-bond acceptors (Lipinski definition) is 6. The van der Waals surface area contributed by atoms with Gasteiger partial charge in [-0.2, -0.15) is 0 Å². The van der Waals surface area contributed by atoms with E-state index in [-0.39, 0.29) is 30.0 Å². The second-order valence-electron chi connectivity index (χ2n) is 8.41. The topological polar surface area (TPSA) is 92.8 Å². The van der Waals surface area contributed by atoms with Crippen LogP contribution in [-0.2, 0) is 14.4 Å². The van der Waals surface area contributed by atoms with Crippen molar-refractivity contribution in [1.82, 2.24) is 15.4 Å². The van der Waals surface area contributed by atoms with Crippen molar-refractivity contribution in [2.75, 3.05) is 25.0 Å². The molecule has 3 heterocycles. The lowest BCUT2D eigenvalue weighted by Gasteiger charge is -2.32. The molecule has 1 aromatic heterocycles. The average molecular weight is 469 g/mol. The molecule has 1 aromatic carbocycles. The van der Waals surface area contributed by atoms with Crippen LogP contribution in [0.3, 0.4) is 0 Å². The summed E-state index contributed by atoms with van der Waals surface area (Å²) < 4.78 is 18.5. The van der Waals surface area contributed by atoms with Gasteiger partial charge in [-0.15, -0.1) is 0 Å². The Hall–Kier alpha value is -3.30. The molecule has 0 aliphatic carbocycles. The molecule has 2 amide bonds. The van der Waals surface area contributed by atoms with E-state index in [0.717, 1.165) is 43.5 Å². The molecule has 2 fully saturated rings. The Balaban J connectivity index is 1.19. The highest BCUT2D eigenvalue weighted by atomic mass is 19.1. The smallest absolute Gasteiger partial charge is 0.267 e. The SMILES string of the molecule is O=C(C=Cc1ccc(NC2CCN(C(=O)c3ccc(F)cc3)CC2)nc1)NOC1CCCCO1. The Morgan fingerprint density at radius 2 is 1.88 bits per heavy atom. The maximum Gasteiger partial charge on any atom is 0.267 e. The number of anilines is 1. The lowest BCUT2D eigenvalue weighted by molar-refractivity contribution is -0.198. The number of amides is 2. The van der Waals surface area contributed by atoms with E-state index in [2.05, 4.69) is 15.8 Å². The fourth-order valence-corrected chi connectivity index (χ4v) is 3.93. The number of hydroxylamine groups is 1. The Morgan fingerprint density at radius 3 is 2.56 bits per heavy atom. The first-order valence-corrected chi connectivity index (χ1v) is 11.6. The summed E-state index contributed by atoms with van der Waals surface area (Å²) in [6.45, 7) is 1.89. The number of nitrogens with one attached hydrogen (secondary N) is 2. The van der Waals surface area contributed by atoms with Crippen molar-refractivity contribution in [2.45, 2.75) is 44.4 Å². The molecule has 1 unspecified atom stereocenters. The third-order valence-corrected chi connectivity index (χ3v) is 5.87. The fraction of sp³-hybridized carbons (Fsp3) is 0.400. The minimum Gasteiger partial charge on any atom is -0.367 e. The zero-order valence-electron chi connectivity index (χ0n) is 18.9. The lowest BCUT2D eigenvalue weighted by atomic mass is 10.0. The summed E-state index contributed by atoms with van der Waals surface area (Å²) in [4.78, 5) is 35.9. The van der Waals surface area contributed by atoms with Gasteiger partial charge in [0.25, 0.3) is 11.8 Å². The summed E-state index contributed by atoms with van der Waals surface area (Å²) in [7, 11) is 0. The normalized spacial score (nSPS) is 19.2. The monoisotopic (exact) mass is 468 g/mol. The van der Waals surface area contributed by atoms with Gasteiger partial charge >= 0.3 is 0 Å². The Morgan fingerprint density at radius 1 is 1.09 bits per heavy atom. The second kappa shape index (κ2) is 11.7. The van der Waals surface area contributed by atoms with Crippen LogP contribution < -0.4 is 10.8 Å². The van der Waals surface area contributed by atoms with Crippen molar-refractivity contribution < 1.29 is 23.6 Å². The molecule has 2 N–H and O–H groups in total. The number of pyridine rings is 1. The molecule has 180 valence electrons. The third-order valence-electron chi connectivity index (χ3n) is 5.87. The number of likely N-dealkylation sites (tertiary alicyclic amines) is 1. The summed E-state index contributed by atoms with van der Waals surface area (Å²) in [5, 5.41) is 3.40. The number of nitrogens with zero attached hydrogens (tertiary/aromatic N) is 2. The molecule has 1 atom stereocenters. The van der Waals surface area contributed by atoms with E-state index < -0.39 is 0 Å². The molecule has 2 aliphatic heterocycles. The Labute approximate surface area is 198 Å². The van der Waals surface area contributed by atoms with E-state index in [4.69, 9.17) is 9.57 Å². The molecule has 0 bridgehead atoms. The minimum absolute atomic E-state index is 0.0755. The Kier molecular flexibility index (Phi) is 8.21. The minimum atomic E-state index is -0.383. The van der Waals surface area contributed by atoms with E-state index in [1.807, 2.05) is 12.1 Å². The summed E-state index contributed by atoms with van der Waals surface area (Å²) in [5.74, 6) is -0.0510. The van der Waals surface area contributed by atoms with E-state index >= 15 is 0 Å². The first-order chi connectivity index (χ1) is 16.6. The van der Waals surface area contributed by atoms with Crippen LogP contribution in [0.5, 0.6) is 0 Å². The van der Waals surface area contributed by atoms with Crippen molar-refractivity contribution in [3.8, 4) is 0 Å². The van der Waals surface area contributed by atoms with Crippen LogP contribution in [0, 0.1) is 5.82 Å². The molecule has 2 saturated heterocycles. The summed E-state index contributed by atoms with van der Waals surface area (Å²) >= 11 is 0. The number of benzene rings is 1. The number of piperidine rings is 1. The molecule has 8 nitrogen and oxygen atoms in total. The van der Waals surface area contributed by atoms with Crippen molar-refractivity contribution in [1.29, 1.82) is 0 Å². The first-order valence-electron chi connectivity index (χ1n) is 11.6. The van der Waals surface area contributed by atoms with Gasteiger partial charge < -0.3 is 15.0 Å². The number of carbonyl (C=O) groups excluding carboxylic acids is 2. The average Bonchev–Trinajstić information content (AvgIpc) is 2.88. The lowest BCUT2D eigenvalue weighted by Crippen LogP contribution is -2.42. The van der Waals surface area contributed by atoms with Gasteiger partial charge in [-0.05, 0) is 73.7 Å². The third kappa shape index (κ3) is 6.85. The van der Waals surface area contributed by atoms with Crippen LogP contribution in [0.2, 0.25) is 0 Å². The maximum atomic E-state index is 13.1. The highest BCUT2D eigenvalue weighted by Crippen LogP contribution is 2.18. The summed E-state index contributed by atoms with van der Waals surface area (Å²) in [6, 6.07) is 9.58. The van der Waals surface area contributed by atoms with Gasteiger partial charge in [-0.25, -0.2) is 19.7 Å². The molecule has 34 heavy (non-hydrogen) atoms. The van der Waals surface area contributed by atoms with Crippen molar-refractivity contribution in [3.63, 3.8) is 0 Å². The van der Waals surface area contributed by atoms with Gasteiger partial charge in [0.2, 0.25) is 0 Å². The molecule has 0 saturated carbocycles. The molecule has 0 spiro atoms. The van der Waals surface area contributed by atoms with Crippen LogP contribution in [0.15, 0.2) is 48.7 Å². The number of aromatic nitrogens is 1. The van der Waals surface area contributed by atoms with Gasteiger partial charge in [0.1, 0.15) is 11.6 Å². The zero-order valence-corrected chi connectivity index (χ0v) is 18.9. The van der Waals surface area contributed by atoms with Crippen LogP contribution in [0.1, 0.15) is 48.0 Å². The van der Waals surface area contributed by atoms with Crippen molar-refractivity contribution >= 4 is 23.7 Å². The van der Waals surface area contributed by atoms with Gasteiger partial charge in [-0.1, -0.05) is 0 Å². The van der Waals surface area contributed by atoms with Crippen molar-refractivity contribution in [3.05, 3.63) is 65.6 Å². The van der Waals surface area contributed by atoms with E-state index in [1.165, 1.54) is 30.3 Å². The van der Waals surface area contributed by atoms with E-state index in [1.54, 1.807) is 17.2 Å². The highest BCUT2D eigenvalue weighted by molar-refractivity contribution is 5.94. The summed E-state index contributed by atoms with van der Waals surface area (Å²) in [5.41, 5.74) is 3.67. The molecule has 9 heteroatoms. The second-order valence-corrected chi connectivity index (χ2v) is 8.41. The Bertz CT molecular complexity index is 983. The molecular weight excluding hydrogens is 439 g/mol. The van der Waals surface area contributed by atoms with E-state index in [0.29, 0.717) is 25.3 Å². The van der Waals surface area contributed by atoms with Gasteiger partial charge in [0.15, 0.2) is 6.29 Å². The number of hydrogen-bond donors (Lipinski definition) is 2. The van der Waals surface area contributed by atoms with Crippen molar-refractivity contribution in [2.24, 2.45) is 0 Å². The maximum absolute atomic E-state index is 13.1. The quantitative estimate of drug-likeness (QED) is 0.477. The highest BCUT2D eigenvalue weighted by Gasteiger charge is 2.23. The van der Waals surface area contributed by atoms with Crippen LogP contribution >= 0.6 is 0 Å². The largest absolute Gasteiger partial charge is 0.367 e. The number of carbonyl (C=O) groups is 2. The summed E-state index contributed by atoms with van der Waals surface area (Å²) in [6.07, 6.45) is 8.75. The predicted molar refractivity (Wildman–Crippen MR) is 125 cm³/mol. The first kappa shape index (κ1) is 23.8. The fourth-order valence-electron chi connectivity index (χ4n) is 3.93.